The van der Waals surface area contributed by atoms with Crippen molar-refractivity contribution in [1.82, 2.24) is 0 Å². The predicted octanol–water partition coefficient (Wildman–Crippen LogP) is 3.52. The topological polar surface area (TPSA) is 29.5 Å². The van der Waals surface area contributed by atoms with Gasteiger partial charge >= 0.3 is 0 Å². The highest BCUT2D eigenvalue weighted by molar-refractivity contribution is 4.56. The third kappa shape index (κ3) is 11.8. The van der Waals surface area contributed by atoms with Crippen LogP contribution < -0.4 is 0 Å². The molecule has 0 aromatic carbocycles. The van der Waals surface area contributed by atoms with Gasteiger partial charge in [0.2, 0.25) is 0 Å². The SMILES string of the molecule is CCCCCCCC(O)CCCOCC. The van der Waals surface area contributed by atoms with Crippen LogP contribution in [0.5, 0.6) is 0 Å². The Morgan fingerprint density at radius 2 is 1.60 bits per heavy atom. The number of hydrogen-bond donors (Lipinski definition) is 1. The molecule has 0 spiro atoms. The Bertz CT molecular complexity index is 115. The van der Waals surface area contributed by atoms with Crippen LogP contribution in [0.3, 0.4) is 0 Å². The third-order valence-electron chi connectivity index (χ3n) is 2.67. The molecule has 1 N–H and O–H groups in total. The second kappa shape index (κ2) is 12.0. The fraction of sp³-hybridized carbons (Fsp3) is 1.00. The number of rotatable bonds is 11. The van der Waals surface area contributed by atoms with Crippen molar-refractivity contribution in [3.05, 3.63) is 0 Å². The van der Waals surface area contributed by atoms with E-state index in [1.54, 1.807) is 0 Å². The van der Waals surface area contributed by atoms with Gasteiger partial charge in [-0.3, -0.25) is 0 Å². The maximum Gasteiger partial charge on any atom is 0.0541 e. The normalized spacial score (nSPS) is 13.0. The number of ether oxygens (including phenoxy) is 1. The molecule has 0 aromatic heterocycles. The first-order valence-corrected chi connectivity index (χ1v) is 6.57. The molecule has 2 heteroatoms. The molecule has 1 unspecified atom stereocenters. The van der Waals surface area contributed by atoms with Gasteiger partial charge in [0.15, 0.2) is 0 Å². The monoisotopic (exact) mass is 216 g/mol. The van der Waals surface area contributed by atoms with Crippen LogP contribution in [0.25, 0.3) is 0 Å². The van der Waals surface area contributed by atoms with Crippen LogP contribution in [0, 0.1) is 0 Å². The lowest BCUT2D eigenvalue weighted by molar-refractivity contribution is 0.109. The Hall–Kier alpha value is -0.0800. The van der Waals surface area contributed by atoms with E-state index in [2.05, 4.69) is 6.92 Å². The average Bonchev–Trinajstić information content (AvgIpc) is 2.24. The summed E-state index contributed by atoms with van der Waals surface area (Å²) in [4.78, 5) is 0. The van der Waals surface area contributed by atoms with E-state index in [-0.39, 0.29) is 6.10 Å². The van der Waals surface area contributed by atoms with E-state index in [0.717, 1.165) is 32.5 Å². The molecule has 2 nitrogen and oxygen atoms in total. The molecule has 92 valence electrons. The Morgan fingerprint density at radius 3 is 2.27 bits per heavy atom. The number of unbranched alkanes of at least 4 members (excludes halogenated alkanes) is 4. The Labute approximate surface area is 95.0 Å². The fourth-order valence-corrected chi connectivity index (χ4v) is 1.69. The summed E-state index contributed by atoms with van der Waals surface area (Å²) in [5.41, 5.74) is 0. The summed E-state index contributed by atoms with van der Waals surface area (Å²) in [6.45, 7) is 5.81. The molecular formula is C13H28O2. The molecule has 0 heterocycles. The minimum atomic E-state index is -0.105. The Morgan fingerprint density at radius 1 is 0.933 bits per heavy atom. The molecule has 0 radical (unpaired) electrons. The minimum absolute atomic E-state index is 0.105. The lowest BCUT2D eigenvalue weighted by Crippen LogP contribution is -2.08. The summed E-state index contributed by atoms with van der Waals surface area (Å²) < 4.78 is 5.23. The van der Waals surface area contributed by atoms with E-state index >= 15 is 0 Å². The van der Waals surface area contributed by atoms with Crippen molar-refractivity contribution in [2.45, 2.75) is 71.3 Å². The number of aliphatic hydroxyl groups is 1. The molecular weight excluding hydrogens is 188 g/mol. The molecule has 1 atom stereocenters. The van der Waals surface area contributed by atoms with E-state index in [1.165, 1.54) is 32.1 Å². The van der Waals surface area contributed by atoms with Crippen molar-refractivity contribution in [1.29, 1.82) is 0 Å². The van der Waals surface area contributed by atoms with Gasteiger partial charge in [0, 0.05) is 13.2 Å². The van der Waals surface area contributed by atoms with E-state index in [4.69, 9.17) is 4.74 Å². The van der Waals surface area contributed by atoms with Crippen molar-refractivity contribution >= 4 is 0 Å². The van der Waals surface area contributed by atoms with Crippen molar-refractivity contribution in [3.8, 4) is 0 Å². The van der Waals surface area contributed by atoms with Gasteiger partial charge in [0.25, 0.3) is 0 Å². The van der Waals surface area contributed by atoms with Gasteiger partial charge in [-0.25, -0.2) is 0 Å². The third-order valence-corrected chi connectivity index (χ3v) is 2.67. The van der Waals surface area contributed by atoms with Gasteiger partial charge in [-0.05, 0) is 26.2 Å². The van der Waals surface area contributed by atoms with Gasteiger partial charge in [0.1, 0.15) is 0 Å². The maximum atomic E-state index is 9.65. The molecule has 0 aliphatic rings. The first-order chi connectivity index (χ1) is 7.31. The van der Waals surface area contributed by atoms with E-state index in [1.807, 2.05) is 6.92 Å². The summed E-state index contributed by atoms with van der Waals surface area (Å²) in [6, 6.07) is 0. The Kier molecular flexibility index (Phi) is 11.9. The van der Waals surface area contributed by atoms with Crippen molar-refractivity contribution in [2.24, 2.45) is 0 Å². The quantitative estimate of drug-likeness (QED) is 0.535. The second-order valence-electron chi connectivity index (χ2n) is 4.20. The van der Waals surface area contributed by atoms with Crippen LogP contribution in [0.2, 0.25) is 0 Å². The van der Waals surface area contributed by atoms with Gasteiger partial charge in [0.05, 0.1) is 6.10 Å². The van der Waals surface area contributed by atoms with Crippen LogP contribution >= 0.6 is 0 Å². The summed E-state index contributed by atoms with van der Waals surface area (Å²) in [5, 5.41) is 9.65. The van der Waals surface area contributed by atoms with Crippen LogP contribution in [0.4, 0.5) is 0 Å². The van der Waals surface area contributed by atoms with Crippen LogP contribution in [-0.2, 0) is 4.74 Å². The maximum absolute atomic E-state index is 9.65. The largest absolute Gasteiger partial charge is 0.393 e. The summed E-state index contributed by atoms with van der Waals surface area (Å²) in [5.74, 6) is 0. The zero-order valence-electron chi connectivity index (χ0n) is 10.5. The smallest absolute Gasteiger partial charge is 0.0541 e. The number of aliphatic hydroxyl groups excluding tert-OH is 1. The highest BCUT2D eigenvalue weighted by Crippen LogP contribution is 2.10. The van der Waals surface area contributed by atoms with E-state index in [9.17, 15) is 5.11 Å². The molecule has 0 aliphatic heterocycles. The molecule has 0 aliphatic carbocycles. The highest BCUT2D eigenvalue weighted by atomic mass is 16.5. The van der Waals surface area contributed by atoms with Crippen molar-refractivity contribution in [3.63, 3.8) is 0 Å². The second-order valence-corrected chi connectivity index (χ2v) is 4.20. The van der Waals surface area contributed by atoms with Gasteiger partial charge in [-0.2, -0.15) is 0 Å². The average molecular weight is 216 g/mol. The molecule has 0 aromatic rings. The lowest BCUT2D eigenvalue weighted by atomic mass is 10.1. The van der Waals surface area contributed by atoms with E-state index < -0.39 is 0 Å². The molecule has 0 saturated heterocycles. The standard InChI is InChI=1S/C13H28O2/c1-3-5-6-7-8-10-13(14)11-9-12-15-4-2/h13-14H,3-12H2,1-2H3. The Balaban J connectivity index is 3.08. The van der Waals surface area contributed by atoms with Crippen molar-refractivity contribution in [2.75, 3.05) is 13.2 Å². The number of hydrogen-bond acceptors (Lipinski definition) is 2. The minimum Gasteiger partial charge on any atom is -0.393 e. The van der Waals surface area contributed by atoms with Gasteiger partial charge in [-0.1, -0.05) is 39.0 Å². The fourth-order valence-electron chi connectivity index (χ4n) is 1.69. The summed E-state index contributed by atoms with van der Waals surface area (Å²) in [6.07, 6.45) is 9.14. The zero-order chi connectivity index (χ0) is 11.4. The summed E-state index contributed by atoms with van der Waals surface area (Å²) in [7, 11) is 0. The van der Waals surface area contributed by atoms with Crippen LogP contribution in [-0.4, -0.2) is 24.4 Å². The molecule has 0 bridgehead atoms. The zero-order valence-corrected chi connectivity index (χ0v) is 10.5. The summed E-state index contributed by atoms with van der Waals surface area (Å²) >= 11 is 0. The lowest BCUT2D eigenvalue weighted by Gasteiger charge is -2.09. The van der Waals surface area contributed by atoms with Gasteiger partial charge < -0.3 is 9.84 Å². The van der Waals surface area contributed by atoms with Gasteiger partial charge in [-0.15, -0.1) is 0 Å². The molecule has 0 saturated carbocycles. The first-order valence-electron chi connectivity index (χ1n) is 6.57. The molecule has 0 amide bonds. The van der Waals surface area contributed by atoms with Crippen LogP contribution in [0.15, 0.2) is 0 Å². The molecule has 15 heavy (non-hydrogen) atoms. The highest BCUT2D eigenvalue weighted by Gasteiger charge is 2.03. The van der Waals surface area contributed by atoms with Crippen LogP contribution in [0.1, 0.15) is 65.2 Å². The van der Waals surface area contributed by atoms with E-state index in [0.29, 0.717) is 0 Å². The molecule has 0 fully saturated rings. The van der Waals surface area contributed by atoms with Crippen molar-refractivity contribution < 1.29 is 9.84 Å². The predicted molar refractivity (Wildman–Crippen MR) is 65.1 cm³/mol. The molecule has 0 rings (SSSR count). The first kappa shape index (κ1) is 14.9.